The lowest BCUT2D eigenvalue weighted by Gasteiger charge is -2.10. The van der Waals surface area contributed by atoms with Crippen molar-refractivity contribution in [2.75, 3.05) is 18.4 Å². The number of unbranched alkanes of at least 4 members (excludes halogenated alkanes) is 1. The molecule has 1 N–H and O–H groups in total. The molecule has 1 aliphatic rings. The number of amides is 1. The number of carbonyl (C=O) groups is 1. The van der Waals surface area contributed by atoms with E-state index in [1.807, 2.05) is 4.90 Å². The van der Waals surface area contributed by atoms with Crippen LogP contribution in [0.5, 0.6) is 0 Å². The topological polar surface area (TPSA) is 50.2 Å². The molecule has 5 nitrogen and oxygen atoms in total. The lowest BCUT2D eigenvalue weighted by molar-refractivity contribution is -0.119. The second-order valence-corrected chi connectivity index (χ2v) is 6.10. The van der Waals surface area contributed by atoms with Gasteiger partial charge in [0.1, 0.15) is 12.1 Å². The van der Waals surface area contributed by atoms with Gasteiger partial charge in [0, 0.05) is 31.2 Å². The summed E-state index contributed by atoms with van der Waals surface area (Å²) in [5, 5.41) is 2.85. The predicted molar refractivity (Wildman–Crippen MR) is 94.5 cm³/mol. The zero-order chi connectivity index (χ0) is 17.6. The molecular formula is C19H21FN4O. The fourth-order valence-electron chi connectivity index (χ4n) is 2.74. The number of hydrogen-bond donors (Lipinski definition) is 1. The molecule has 1 atom stereocenters. The molecule has 130 valence electrons. The third-order valence-corrected chi connectivity index (χ3v) is 4.13. The Morgan fingerprint density at radius 2 is 2.20 bits per heavy atom. The molecule has 3 rings (SSSR count). The Kier molecular flexibility index (Phi) is 5.34. The summed E-state index contributed by atoms with van der Waals surface area (Å²) < 4.78 is 14.7. The van der Waals surface area contributed by atoms with Gasteiger partial charge in [0.15, 0.2) is 5.82 Å². The van der Waals surface area contributed by atoms with E-state index in [9.17, 15) is 9.18 Å². The van der Waals surface area contributed by atoms with Gasteiger partial charge in [0.05, 0.1) is 12.1 Å². The van der Waals surface area contributed by atoms with Crippen LogP contribution in [0.15, 0.2) is 36.8 Å². The SMILES string of the molecule is CCCC#CN1CC[C@H](C(=O)Nc2cn(-c3ccc(F)cc3)cn2)C1. The van der Waals surface area contributed by atoms with E-state index in [1.54, 1.807) is 29.2 Å². The van der Waals surface area contributed by atoms with Gasteiger partial charge in [-0.25, -0.2) is 9.37 Å². The molecule has 0 aliphatic carbocycles. The first-order valence-corrected chi connectivity index (χ1v) is 8.50. The van der Waals surface area contributed by atoms with E-state index in [0.29, 0.717) is 12.4 Å². The van der Waals surface area contributed by atoms with Crippen LogP contribution in [0.4, 0.5) is 10.2 Å². The first-order valence-electron chi connectivity index (χ1n) is 8.50. The molecule has 0 spiro atoms. The van der Waals surface area contributed by atoms with Crippen LogP contribution in [-0.2, 0) is 4.79 Å². The largest absolute Gasteiger partial charge is 0.332 e. The third-order valence-electron chi connectivity index (χ3n) is 4.13. The molecule has 1 aromatic carbocycles. The average Bonchev–Trinajstić information content (AvgIpc) is 3.25. The van der Waals surface area contributed by atoms with Gasteiger partial charge in [-0.1, -0.05) is 12.8 Å². The van der Waals surface area contributed by atoms with Crippen LogP contribution in [0.3, 0.4) is 0 Å². The number of rotatable bonds is 4. The summed E-state index contributed by atoms with van der Waals surface area (Å²) in [6.45, 7) is 3.57. The first kappa shape index (κ1) is 17.0. The number of benzene rings is 1. The van der Waals surface area contributed by atoms with Gasteiger partial charge in [-0.05, 0) is 37.1 Å². The molecule has 1 aliphatic heterocycles. The van der Waals surface area contributed by atoms with Crippen molar-refractivity contribution in [1.29, 1.82) is 0 Å². The van der Waals surface area contributed by atoms with Crippen molar-refractivity contribution in [3.05, 3.63) is 42.6 Å². The maximum Gasteiger partial charge on any atom is 0.230 e. The Morgan fingerprint density at radius 1 is 1.40 bits per heavy atom. The fourth-order valence-corrected chi connectivity index (χ4v) is 2.74. The van der Waals surface area contributed by atoms with Crippen molar-refractivity contribution in [2.24, 2.45) is 5.92 Å². The van der Waals surface area contributed by atoms with Gasteiger partial charge < -0.3 is 14.8 Å². The molecule has 2 aromatic rings. The van der Waals surface area contributed by atoms with Crippen LogP contribution < -0.4 is 5.32 Å². The summed E-state index contributed by atoms with van der Waals surface area (Å²) in [5.41, 5.74) is 0.785. The Bertz CT molecular complexity index is 788. The molecule has 0 bridgehead atoms. The lowest BCUT2D eigenvalue weighted by Crippen LogP contribution is -2.25. The summed E-state index contributed by atoms with van der Waals surface area (Å²) in [6.07, 6.45) is 6.04. The Morgan fingerprint density at radius 3 is 2.96 bits per heavy atom. The molecule has 6 heteroatoms. The van der Waals surface area contributed by atoms with Gasteiger partial charge in [-0.3, -0.25) is 4.79 Å². The third kappa shape index (κ3) is 4.38. The van der Waals surface area contributed by atoms with Crippen molar-refractivity contribution in [3.63, 3.8) is 0 Å². The number of nitrogens with zero attached hydrogens (tertiary/aromatic N) is 3. The van der Waals surface area contributed by atoms with E-state index in [2.05, 4.69) is 29.2 Å². The summed E-state index contributed by atoms with van der Waals surface area (Å²) in [5.74, 6) is 3.20. The maximum absolute atomic E-state index is 13.0. The van der Waals surface area contributed by atoms with E-state index in [-0.39, 0.29) is 17.6 Å². The number of halogens is 1. The van der Waals surface area contributed by atoms with Crippen LogP contribution >= 0.6 is 0 Å². The Hall–Kier alpha value is -2.81. The fraction of sp³-hybridized carbons (Fsp3) is 0.368. The van der Waals surface area contributed by atoms with Crippen molar-refractivity contribution < 1.29 is 9.18 Å². The van der Waals surface area contributed by atoms with Gasteiger partial charge in [0.25, 0.3) is 0 Å². The molecule has 0 unspecified atom stereocenters. The number of hydrogen-bond acceptors (Lipinski definition) is 3. The minimum absolute atomic E-state index is 0.0378. The minimum Gasteiger partial charge on any atom is -0.332 e. The Balaban J connectivity index is 1.57. The van der Waals surface area contributed by atoms with Crippen LogP contribution in [0.25, 0.3) is 5.69 Å². The molecule has 1 saturated heterocycles. The summed E-state index contributed by atoms with van der Waals surface area (Å²) in [7, 11) is 0. The zero-order valence-electron chi connectivity index (χ0n) is 14.2. The molecule has 2 heterocycles. The van der Waals surface area contributed by atoms with Gasteiger partial charge in [-0.15, -0.1) is 0 Å². The molecule has 1 amide bonds. The summed E-state index contributed by atoms with van der Waals surface area (Å²) >= 11 is 0. The molecule has 1 aromatic heterocycles. The van der Waals surface area contributed by atoms with Crippen molar-refractivity contribution in [1.82, 2.24) is 14.5 Å². The highest BCUT2D eigenvalue weighted by Gasteiger charge is 2.27. The number of likely N-dealkylation sites (tertiary alicyclic amines) is 1. The predicted octanol–water partition coefficient (Wildman–Crippen LogP) is 3.03. The quantitative estimate of drug-likeness (QED) is 0.871. The standard InChI is InChI=1S/C19H21FN4O/c1-2-3-4-10-23-11-9-15(12-23)19(25)22-18-13-24(14-21-18)17-7-5-16(20)6-8-17/h5-8,13-15H,2-3,9,11-12H2,1H3,(H,22,25)/t15-/m0/s1. The number of anilines is 1. The Labute approximate surface area is 146 Å². The van der Waals surface area contributed by atoms with E-state index < -0.39 is 0 Å². The van der Waals surface area contributed by atoms with E-state index in [1.165, 1.54) is 12.1 Å². The molecule has 25 heavy (non-hydrogen) atoms. The smallest absolute Gasteiger partial charge is 0.230 e. The summed E-state index contributed by atoms with van der Waals surface area (Å²) in [6, 6.07) is 9.21. The van der Waals surface area contributed by atoms with Crippen LogP contribution in [-0.4, -0.2) is 33.4 Å². The number of nitrogens with one attached hydrogen (secondary N) is 1. The van der Waals surface area contributed by atoms with E-state index >= 15 is 0 Å². The lowest BCUT2D eigenvalue weighted by atomic mass is 10.1. The molecule has 0 radical (unpaired) electrons. The van der Waals surface area contributed by atoms with Crippen molar-refractivity contribution >= 4 is 11.7 Å². The number of carbonyl (C=O) groups excluding carboxylic acids is 1. The highest BCUT2D eigenvalue weighted by molar-refractivity contribution is 5.92. The van der Waals surface area contributed by atoms with Crippen LogP contribution in [0.1, 0.15) is 26.2 Å². The monoisotopic (exact) mass is 340 g/mol. The van der Waals surface area contributed by atoms with Crippen molar-refractivity contribution in [2.45, 2.75) is 26.2 Å². The van der Waals surface area contributed by atoms with Crippen LogP contribution in [0.2, 0.25) is 0 Å². The van der Waals surface area contributed by atoms with E-state index in [4.69, 9.17) is 0 Å². The van der Waals surface area contributed by atoms with Crippen molar-refractivity contribution in [3.8, 4) is 17.7 Å². The van der Waals surface area contributed by atoms with E-state index in [0.717, 1.165) is 31.5 Å². The first-order chi connectivity index (χ1) is 12.2. The molecule has 0 saturated carbocycles. The number of aromatic nitrogens is 2. The van der Waals surface area contributed by atoms with Crippen LogP contribution in [0, 0.1) is 23.7 Å². The highest BCUT2D eigenvalue weighted by Crippen LogP contribution is 2.18. The molecule has 1 fully saturated rings. The minimum atomic E-state index is -0.287. The normalized spacial score (nSPS) is 16.4. The van der Waals surface area contributed by atoms with Gasteiger partial charge in [0.2, 0.25) is 5.91 Å². The highest BCUT2D eigenvalue weighted by atomic mass is 19.1. The van der Waals surface area contributed by atoms with Gasteiger partial charge in [-0.2, -0.15) is 0 Å². The van der Waals surface area contributed by atoms with Gasteiger partial charge >= 0.3 is 0 Å². The average molecular weight is 340 g/mol. The second kappa shape index (κ2) is 7.84. The molecular weight excluding hydrogens is 319 g/mol. The second-order valence-electron chi connectivity index (χ2n) is 6.10. The zero-order valence-corrected chi connectivity index (χ0v) is 14.2. The maximum atomic E-state index is 13.0. The summed E-state index contributed by atoms with van der Waals surface area (Å²) in [4.78, 5) is 18.6. The number of imidazole rings is 1.